The van der Waals surface area contributed by atoms with Crippen molar-refractivity contribution in [2.45, 2.75) is 52.0 Å². The molecule has 1 rings (SSSR count). The van der Waals surface area contributed by atoms with Crippen LogP contribution >= 0.6 is 0 Å². The number of benzene rings is 1. The zero-order chi connectivity index (χ0) is 15.9. The van der Waals surface area contributed by atoms with Crippen LogP contribution in [-0.4, -0.2) is 23.2 Å². The molecule has 21 heavy (non-hydrogen) atoms. The van der Waals surface area contributed by atoms with E-state index >= 15 is 0 Å². The van der Waals surface area contributed by atoms with Crippen LogP contribution in [0, 0.1) is 0 Å². The summed E-state index contributed by atoms with van der Waals surface area (Å²) in [5.41, 5.74) is 1.77. The molecule has 0 aliphatic heterocycles. The van der Waals surface area contributed by atoms with E-state index in [1.54, 1.807) is 6.08 Å². The summed E-state index contributed by atoms with van der Waals surface area (Å²) >= 11 is 0. The Balaban J connectivity index is 2.69. The minimum atomic E-state index is -0.511. The first-order valence-electron chi connectivity index (χ1n) is 7.67. The number of nitrogens with one attached hydrogen (secondary N) is 1. The zero-order valence-corrected chi connectivity index (χ0v) is 13.5. The predicted octanol–water partition coefficient (Wildman–Crippen LogP) is 3.49. The van der Waals surface area contributed by atoms with Gasteiger partial charge in [0.25, 0.3) is 0 Å². The molecule has 2 N–H and O–H groups in total. The number of hydrogen-bond acceptors (Lipinski definition) is 2. The third kappa shape index (κ3) is 5.01. The van der Waals surface area contributed by atoms with E-state index in [0.29, 0.717) is 18.8 Å². The van der Waals surface area contributed by atoms with Crippen molar-refractivity contribution in [2.75, 3.05) is 6.61 Å². The topological polar surface area (TPSA) is 49.3 Å². The third-order valence-electron chi connectivity index (χ3n) is 4.07. The number of rotatable bonds is 7. The van der Waals surface area contributed by atoms with E-state index in [1.807, 2.05) is 26.0 Å². The number of hydrogen-bond donors (Lipinski definition) is 2. The van der Waals surface area contributed by atoms with Crippen LogP contribution in [0.1, 0.15) is 57.6 Å². The molecule has 3 heteroatoms. The van der Waals surface area contributed by atoms with E-state index in [1.165, 1.54) is 11.6 Å². The summed E-state index contributed by atoms with van der Waals surface area (Å²) < 4.78 is 0. The number of carbonyl (C=O) groups is 1. The molecule has 0 spiro atoms. The van der Waals surface area contributed by atoms with Crippen molar-refractivity contribution in [3.05, 3.63) is 41.5 Å². The molecular weight excluding hydrogens is 262 g/mol. The van der Waals surface area contributed by atoms with E-state index in [9.17, 15) is 9.90 Å². The smallest absolute Gasteiger partial charge is 0.244 e. The summed E-state index contributed by atoms with van der Waals surface area (Å²) in [5.74, 6) is 0.339. The highest BCUT2D eigenvalue weighted by molar-refractivity contribution is 5.92. The molecule has 0 bridgehead atoms. The highest BCUT2D eigenvalue weighted by Crippen LogP contribution is 2.16. The molecule has 0 fully saturated rings. The maximum Gasteiger partial charge on any atom is 0.244 e. The molecule has 1 aromatic rings. The van der Waals surface area contributed by atoms with Crippen LogP contribution in [0.3, 0.4) is 0 Å². The van der Waals surface area contributed by atoms with Crippen molar-refractivity contribution in [1.82, 2.24) is 5.32 Å². The van der Waals surface area contributed by atoms with Crippen molar-refractivity contribution in [3.8, 4) is 0 Å². The molecule has 0 aliphatic rings. The fourth-order valence-electron chi connectivity index (χ4n) is 2.16. The highest BCUT2D eigenvalue weighted by atomic mass is 16.3. The molecule has 0 unspecified atom stereocenters. The lowest BCUT2D eigenvalue weighted by molar-refractivity contribution is -0.119. The second-order valence-corrected chi connectivity index (χ2v) is 5.79. The van der Waals surface area contributed by atoms with E-state index in [4.69, 9.17) is 0 Å². The van der Waals surface area contributed by atoms with E-state index in [0.717, 1.165) is 5.56 Å². The number of aliphatic hydroxyl groups is 1. The maximum atomic E-state index is 12.0. The van der Waals surface area contributed by atoms with Gasteiger partial charge in [-0.3, -0.25) is 4.79 Å². The minimum absolute atomic E-state index is 0.0390. The van der Waals surface area contributed by atoms with Crippen LogP contribution in [-0.2, 0) is 4.79 Å². The van der Waals surface area contributed by atoms with Crippen LogP contribution in [0.5, 0.6) is 0 Å². The van der Waals surface area contributed by atoms with Crippen molar-refractivity contribution in [2.24, 2.45) is 0 Å². The monoisotopic (exact) mass is 289 g/mol. The summed E-state index contributed by atoms with van der Waals surface area (Å²) in [5, 5.41) is 12.4. The maximum absolute atomic E-state index is 12.0. The van der Waals surface area contributed by atoms with Gasteiger partial charge in [0.1, 0.15) is 0 Å². The Morgan fingerprint density at radius 3 is 2.24 bits per heavy atom. The second-order valence-electron chi connectivity index (χ2n) is 5.79. The Hall–Kier alpha value is -1.61. The fraction of sp³-hybridized carbons (Fsp3) is 0.500. The van der Waals surface area contributed by atoms with Crippen molar-refractivity contribution < 1.29 is 9.90 Å². The average molecular weight is 289 g/mol. The first kappa shape index (κ1) is 17.4. The molecule has 3 nitrogen and oxygen atoms in total. The first-order valence-corrected chi connectivity index (χ1v) is 7.67. The second kappa shape index (κ2) is 7.99. The van der Waals surface area contributed by atoms with Crippen LogP contribution < -0.4 is 5.32 Å². The molecule has 0 aliphatic carbocycles. The van der Waals surface area contributed by atoms with E-state index in [2.05, 4.69) is 31.3 Å². The van der Waals surface area contributed by atoms with Crippen LogP contribution in [0.15, 0.2) is 30.3 Å². The average Bonchev–Trinajstić information content (AvgIpc) is 2.51. The normalized spacial score (nSPS) is 12.1. The number of aliphatic hydroxyl groups excluding tert-OH is 1. The summed E-state index contributed by atoms with van der Waals surface area (Å²) in [6, 6.07) is 8.19. The lowest BCUT2D eigenvalue weighted by Gasteiger charge is -2.30. The Kier molecular flexibility index (Phi) is 6.63. The molecule has 0 radical (unpaired) electrons. The van der Waals surface area contributed by atoms with Crippen molar-refractivity contribution >= 4 is 12.0 Å². The first-order chi connectivity index (χ1) is 9.96. The summed E-state index contributed by atoms with van der Waals surface area (Å²) in [6.45, 7) is 8.20. The van der Waals surface area contributed by atoms with Crippen LogP contribution in [0.2, 0.25) is 0 Å². The molecule has 0 atom stereocenters. The summed E-state index contributed by atoms with van der Waals surface area (Å²) in [7, 11) is 0. The number of amides is 1. The lowest BCUT2D eigenvalue weighted by Crippen LogP contribution is -2.49. The zero-order valence-electron chi connectivity index (χ0n) is 13.5. The van der Waals surface area contributed by atoms with Crippen LogP contribution in [0.4, 0.5) is 0 Å². The SMILES string of the molecule is CCC(CC)(CO)NC(=O)C=Cc1ccc(C(C)C)cc1. The van der Waals surface area contributed by atoms with Gasteiger partial charge in [-0.2, -0.15) is 0 Å². The third-order valence-corrected chi connectivity index (χ3v) is 4.07. The highest BCUT2D eigenvalue weighted by Gasteiger charge is 2.26. The van der Waals surface area contributed by atoms with Gasteiger partial charge in [-0.05, 0) is 36.0 Å². The Bertz CT molecular complexity index is 462. The number of carbonyl (C=O) groups excluding carboxylic acids is 1. The largest absolute Gasteiger partial charge is 0.394 e. The van der Waals surface area contributed by atoms with Gasteiger partial charge in [-0.15, -0.1) is 0 Å². The van der Waals surface area contributed by atoms with E-state index < -0.39 is 5.54 Å². The fourth-order valence-corrected chi connectivity index (χ4v) is 2.16. The molecule has 0 saturated heterocycles. The molecule has 0 heterocycles. The van der Waals surface area contributed by atoms with Gasteiger partial charge in [0.05, 0.1) is 12.1 Å². The molecular formula is C18H27NO2. The van der Waals surface area contributed by atoms with Gasteiger partial charge in [0.2, 0.25) is 5.91 Å². The summed E-state index contributed by atoms with van der Waals surface area (Å²) in [6.07, 6.45) is 4.75. The van der Waals surface area contributed by atoms with Gasteiger partial charge in [0, 0.05) is 6.08 Å². The molecule has 116 valence electrons. The predicted molar refractivity (Wildman–Crippen MR) is 88.1 cm³/mol. The quantitative estimate of drug-likeness (QED) is 0.755. The van der Waals surface area contributed by atoms with Gasteiger partial charge in [-0.25, -0.2) is 0 Å². The molecule has 1 aromatic carbocycles. The van der Waals surface area contributed by atoms with Crippen LogP contribution in [0.25, 0.3) is 6.08 Å². The Morgan fingerprint density at radius 2 is 1.81 bits per heavy atom. The van der Waals surface area contributed by atoms with Gasteiger partial charge < -0.3 is 10.4 Å². The standard InChI is InChI=1S/C18H27NO2/c1-5-18(6-2,13-20)19-17(21)12-9-15-7-10-16(11-8-15)14(3)4/h7-12,14,20H,5-6,13H2,1-4H3,(H,19,21). The Morgan fingerprint density at radius 1 is 1.24 bits per heavy atom. The summed E-state index contributed by atoms with van der Waals surface area (Å²) in [4.78, 5) is 12.0. The van der Waals surface area contributed by atoms with Gasteiger partial charge in [-0.1, -0.05) is 52.0 Å². The van der Waals surface area contributed by atoms with Gasteiger partial charge >= 0.3 is 0 Å². The van der Waals surface area contributed by atoms with Gasteiger partial charge in [0.15, 0.2) is 0 Å². The van der Waals surface area contributed by atoms with E-state index in [-0.39, 0.29) is 12.5 Å². The molecule has 0 saturated carbocycles. The molecule has 1 amide bonds. The minimum Gasteiger partial charge on any atom is -0.394 e. The van der Waals surface area contributed by atoms with Crippen molar-refractivity contribution in [3.63, 3.8) is 0 Å². The van der Waals surface area contributed by atoms with Crippen molar-refractivity contribution in [1.29, 1.82) is 0 Å². The Labute approximate surface area is 128 Å². The molecule has 0 aromatic heterocycles. The lowest BCUT2D eigenvalue weighted by atomic mass is 9.94.